The molecule has 2 amide bonds. The van der Waals surface area contributed by atoms with E-state index in [1.807, 2.05) is 35.2 Å². The van der Waals surface area contributed by atoms with E-state index in [0.29, 0.717) is 31.6 Å². The molecule has 1 aromatic carbocycles. The molecule has 1 saturated carbocycles. The standard InChI is InChI=1S/C23H31BrN2O5/c24-16-21(27)26(20-7-4-10-23(15-20)30-13-14-31-23)19-8-11-25(12-9-19)22(28)29-17-18-5-2-1-3-6-18/h1-3,5-6,19-20H,4,7-17H2. The molecule has 1 unspecified atom stereocenters. The Hall–Kier alpha value is -1.64. The van der Waals surface area contributed by atoms with Crippen molar-refractivity contribution in [3.8, 4) is 0 Å². The summed E-state index contributed by atoms with van der Waals surface area (Å²) in [5.74, 6) is -0.416. The summed E-state index contributed by atoms with van der Waals surface area (Å²) in [7, 11) is 0. The Bertz CT molecular complexity index is 748. The fourth-order valence-electron chi connectivity index (χ4n) is 5.08. The van der Waals surface area contributed by atoms with Crippen LogP contribution in [0.3, 0.4) is 0 Å². The molecule has 1 spiro atoms. The molecule has 8 heteroatoms. The zero-order valence-electron chi connectivity index (χ0n) is 17.8. The number of benzene rings is 1. The zero-order chi connectivity index (χ0) is 21.7. The summed E-state index contributed by atoms with van der Waals surface area (Å²) in [6.07, 6.45) is 4.80. The minimum Gasteiger partial charge on any atom is -0.445 e. The lowest BCUT2D eigenvalue weighted by Gasteiger charge is -2.46. The van der Waals surface area contributed by atoms with Gasteiger partial charge in [0, 0.05) is 38.0 Å². The van der Waals surface area contributed by atoms with Crippen LogP contribution >= 0.6 is 15.9 Å². The molecule has 2 heterocycles. The van der Waals surface area contributed by atoms with Crippen molar-refractivity contribution in [2.24, 2.45) is 0 Å². The van der Waals surface area contributed by atoms with Crippen molar-refractivity contribution < 1.29 is 23.8 Å². The Kier molecular flexibility index (Phi) is 7.51. The average Bonchev–Trinajstić information content (AvgIpc) is 3.26. The number of ether oxygens (including phenoxy) is 3. The van der Waals surface area contributed by atoms with E-state index in [1.54, 1.807) is 4.90 Å². The van der Waals surface area contributed by atoms with E-state index in [0.717, 1.165) is 44.1 Å². The van der Waals surface area contributed by atoms with Crippen molar-refractivity contribution in [3.05, 3.63) is 35.9 Å². The fraction of sp³-hybridized carbons (Fsp3) is 0.652. The minimum atomic E-state index is -0.518. The van der Waals surface area contributed by atoms with Crippen LogP contribution in [0.15, 0.2) is 30.3 Å². The predicted octanol–water partition coefficient (Wildman–Crippen LogP) is 3.70. The number of likely N-dealkylation sites (tertiary alicyclic amines) is 1. The number of rotatable bonds is 5. The molecule has 0 radical (unpaired) electrons. The van der Waals surface area contributed by atoms with Gasteiger partial charge in [-0.1, -0.05) is 46.3 Å². The van der Waals surface area contributed by atoms with Gasteiger partial charge in [-0.2, -0.15) is 0 Å². The summed E-state index contributed by atoms with van der Waals surface area (Å²) < 4.78 is 17.3. The molecule has 2 saturated heterocycles. The van der Waals surface area contributed by atoms with Crippen LogP contribution < -0.4 is 0 Å². The number of carbonyl (C=O) groups is 2. The average molecular weight is 495 g/mol. The van der Waals surface area contributed by atoms with Crippen molar-refractivity contribution in [2.75, 3.05) is 31.6 Å². The van der Waals surface area contributed by atoms with Gasteiger partial charge in [0.1, 0.15) is 6.61 Å². The van der Waals surface area contributed by atoms with Gasteiger partial charge in [-0.15, -0.1) is 0 Å². The van der Waals surface area contributed by atoms with Gasteiger partial charge in [-0.25, -0.2) is 4.79 Å². The van der Waals surface area contributed by atoms with E-state index in [2.05, 4.69) is 15.9 Å². The molecule has 1 aromatic rings. The molecule has 2 aliphatic heterocycles. The monoisotopic (exact) mass is 494 g/mol. The summed E-state index contributed by atoms with van der Waals surface area (Å²) in [5, 5.41) is 0.303. The van der Waals surface area contributed by atoms with Gasteiger partial charge in [0.2, 0.25) is 5.91 Å². The third-order valence-corrected chi connectivity index (χ3v) is 7.05. The number of hydrogen-bond acceptors (Lipinski definition) is 5. The van der Waals surface area contributed by atoms with E-state index in [4.69, 9.17) is 14.2 Å². The normalized spacial score (nSPS) is 23.6. The fourth-order valence-corrected chi connectivity index (χ4v) is 5.37. The Balaban J connectivity index is 1.33. The third-order valence-electron chi connectivity index (χ3n) is 6.57. The van der Waals surface area contributed by atoms with Gasteiger partial charge < -0.3 is 24.0 Å². The second kappa shape index (κ2) is 10.3. The molecule has 7 nitrogen and oxygen atoms in total. The van der Waals surface area contributed by atoms with Crippen molar-refractivity contribution in [3.63, 3.8) is 0 Å². The van der Waals surface area contributed by atoms with Crippen LogP contribution in [-0.2, 0) is 25.6 Å². The van der Waals surface area contributed by atoms with E-state index in [1.165, 1.54) is 0 Å². The SMILES string of the molecule is O=C(OCc1ccccc1)N1CCC(N(C(=O)CBr)C2CCCC3(C2)OCCO3)CC1. The molecule has 31 heavy (non-hydrogen) atoms. The first-order valence-electron chi connectivity index (χ1n) is 11.2. The lowest BCUT2D eigenvalue weighted by molar-refractivity contribution is -0.192. The first kappa shape index (κ1) is 22.6. The number of hydrogen-bond donors (Lipinski definition) is 0. The molecule has 0 bridgehead atoms. The Morgan fingerprint density at radius 3 is 2.48 bits per heavy atom. The highest BCUT2D eigenvalue weighted by atomic mass is 79.9. The maximum absolute atomic E-state index is 12.9. The Morgan fingerprint density at radius 1 is 1.10 bits per heavy atom. The van der Waals surface area contributed by atoms with Gasteiger partial charge in [-0.3, -0.25) is 4.79 Å². The highest BCUT2D eigenvalue weighted by molar-refractivity contribution is 9.09. The van der Waals surface area contributed by atoms with Gasteiger partial charge in [0.25, 0.3) is 0 Å². The minimum absolute atomic E-state index is 0.102. The van der Waals surface area contributed by atoms with Crippen molar-refractivity contribution in [2.45, 2.75) is 63.0 Å². The summed E-state index contributed by atoms with van der Waals surface area (Å²) >= 11 is 3.36. The third kappa shape index (κ3) is 5.41. The first-order chi connectivity index (χ1) is 15.1. The number of halogens is 1. The van der Waals surface area contributed by atoms with Crippen molar-refractivity contribution in [1.29, 1.82) is 0 Å². The summed E-state index contributed by atoms with van der Waals surface area (Å²) in [6, 6.07) is 9.91. The molecule has 170 valence electrons. The number of alkyl halides is 1. The highest BCUT2D eigenvalue weighted by Gasteiger charge is 2.45. The van der Waals surface area contributed by atoms with Gasteiger partial charge in [0.05, 0.1) is 18.5 Å². The van der Waals surface area contributed by atoms with E-state index < -0.39 is 5.79 Å². The molecule has 3 fully saturated rings. The van der Waals surface area contributed by atoms with E-state index in [-0.39, 0.29) is 30.7 Å². The van der Waals surface area contributed by atoms with Crippen LogP contribution in [0, 0.1) is 0 Å². The second-order valence-corrected chi connectivity index (χ2v) is 9.11. The number of carbonyl (C=O) groups excluding carboxylic acids is 2. The lowest BCUT2D eigenvalue weighted by Crippen LogP contribution is -2.56. The molecule has 4 rings (SSSR count). The molecule has 0 aromatic heterocycles. The number of amides is 2. The molecule has 1 aliphatic carbocycles. The van der Waals surface area contributed by atoms with E-state index >= 15 is 0 Å². The van der Waals surface area contributed by atoms with Crippen LogP contribution in [0.25, 0.3) is 0 Å². The smallest absolute Gasteiger partial charge is 0.410 e. The Morgan fingerprint density at radius 2 is 1.81 bits per heavy atom. The van der Waals surface area contributed by atoms with E-state index in [9.17, 15) is 9.59 Å². The van der Waals surface area contributed by atoms with Gasteiger partial charge in [0.15, 0.2) is 5.79 Å². The van der Waals surface area contributed by atoms with Gasteiger partial charge >= 0.3 is 6.09 Å². The Labute approximate surface area is 192 Å². The molecule has 3 aliphatic rings. The predicted molar refractivity (Wildman–Crippen MR) is 119 cm³/mol. The zero-order valence-corrected chi connectivity index (χ0v) is 19.4. The second-order valence-electron chi connectivity index (χ2n) is 8.55. The van der Waals surface area contributed by atoms with Gasteiger partial charge in [-0.05, 0) is 31.2 Å². The van der Waals surface area contributed by atoms with Crippen LogP contribution in [0.4, 0.5) is 4.79 Å². The van der Waals surface area contributed by atoms with Crippen LogP contribution in [0.2, 0.25) is 0 Å². The van der Waals surface area contributed by atoms with Crippen molar-refractivity contribution in [1.82, 2.24) is 9.80 Å². The molecular formula is C23H31BrN2O5. The number of piperidine rings is 1. The first-order valence-corrected chi connectivity index (χ1v) is 12.3. The quantitative estimate of drug-likeness (QED) is 0.583. The maximum atomic E-state index is 12.9. The summed E-state index contributed by atoms with van der Waals surface area (Å²) in [5.41, 5.74) is 0.974. The summed E-state index contributed by atoms with van der Waals surface area (Å²) in [6.45, 7) is 2.72. The van der Waals surface area contributed by atoms with Crippen LogP contribution in [-0.4, -0.2) is 71.3 Å². The van der Waals surface area contributed by atoms with Crippen LogP contribution in [0.1, 0.15) is 44.1 Å². The van der Waals surface area contributed by atoms with Crippen molar-refractivity contribution >= 4 is 27.9 Å². The molecule has 1 atom stereocenters. The summed E-state index contributed by atoms with van der Waals surface area (Å²) in [4.78, 5) is 29.2. The molecular weight excluding hydrogens is 464 g/mol. The number of nitrogens with zero attached hydrogens (tertiary/aromatic N) is 2. The van der Waals surface area contributed by atoms with Crippen LogP contribution in [0.5, 0.6) is 0 Å². The largest absolute Gasteiger partial charge is 0.445 e. The topological polar surface area (TPSA) is 68.3 Å². The maximum Gasteiger partial charge on any atom is 0.410 e. The highest BCUT2D eigenvalue weighted by Crippen LogP contribution is 2.39. The molecule has 0 N–H and O–H groups in total. The lowest BCUT2D eigenvalue weighted by atomic mass is 9.87.